The molecule has 0 aliphatic carbocycles. The Morgan fingerprint density at radius 1 is 1.10 bits per heavy atom. The van der Waals surface area contributed by atoms with E-state index in [2.05, 4.69) is 15.0 Å². The highest BCUT2D eigenvalue weighted by atomic mass is 35.5. The van der Waals surface area contributed by atoms with E-state index in [4.69, 9.17) is 11.6 Å². The third-order valence-corrected chi connectivity index (χ3v) is 2.94. The Kier molecular flexibility index (Phi) is 2.86. The van der Waals surface area contributed by atoms with E-state index in [1.807, 2.05) is 0 Å². The molecule has 0 radical (unpaired) electrons. The van der Waals surface area contributed by atoms with Gasteiger partial charge < -0.3 is 0 Å². The van der Waals surface area contributed by atoms with E-state index in [9.17, 15) is 13.2 Å². The second kappa shape index (κ2) is 4.45. The van der Waals surface area contributed by atoms with E-state index >= 15 is 0 Å². The summed E-state index contributed by atoms with van der Waals surface area (Å²) >= 11 is 5.77. The molecule has 3 aromatic rings. The van der Waals surface area contributed by atoms with Crippen LogP contribution in [0.2, 0.25) is 5.15 Å². The molecule has 0 saturated heterocycles. The maximum atomic E-state index is 12.6. The summed E-state index contributed by atoms with van der Waals surface area (Å²) < 4.78 is 39.4. The second-order valence-corrected chi connectivity index (χ2v) is 4.40. The maximum Gasteiger partial charge on any atom is 0.416 e. The Balaban J connectivity index is 2.15. The van der Waals surface area contributed by atoms with Crippen molar-refractivity contribution in [3.8, 4) is 11.4 Å². The van der Waals surface area contributed by atoms with Crippen molar-refractivity contribution in [2.75, 3.05) is 0 Å². The first-order chi connectivity index (χ1) is 9.45. The third-order valence-electron chi connectivity index (χ3n) is 2.74. The zero-order valence-electron chi connectivity index (χ0n) is 9.76. The molecule has 0 aromatic carbocycles. The lowest BCUT2D eigenvalue weighted by molar-refractivity contribution is -0.137. The van der Waals surface area contributed by atoms with Crippen LogP contribution in [0.3, 0.4) is 0 Å². The number of pyridine rings is 1. The van der Waals surface area contributed by atoms with Crippen molar-refractivity contribution in [3.63, 3.8) is 0 Å². The molecule has 0 bridgehead atoms. The van der Waals surface area contributed by atoms with Crippen LogP contribution in [0.25, 0.3) is 17.0 Å². The molecule has 0 unspecified atom stereocenters. The molecule has 20 heavy (non-hydrogen) atoms. The van der Waals surface area contributed by atoms with Gasteiger partial charge in [-0.2, -0.15) is 13.2 Å². The number of hydrogen-bond donors (Lipinski definition) is 0. The Morgan fingerprint density at radius 3 is 2.60 bits per heavy atom. The van der Waals surface area contributed by atoms with E-state index in [0.717, 1.165) is 12.1 Å². The lowest BCUT2D eigenvalue weighted by Crippen LogP contribution is -2.05. The molecule has 3 aromatic heterocycles. The third kappa shape index (κ3) is 2.20. The Labute approximate surface area is 115 Å². The van der Waals surface area contributed by atoms with Gasteiger partial charge in [-0.3, -0.25) is 4.40 Å². The number of rotatable bonds is 1. The summed E-state index contributed by atoms with van der Waals surface area (Å²) in [6, 6.07) is 3.48. The molecule has 0 fully saturated rings. The summed E-state index contributed by atoms with van der Waals surface area (Å²) in [6.45, 7) is 0. The van der Waals surface area contributed by atoms with E-state index in [0.29, 0.717) is 11.4 Å². The lowest BCUT2D eigenvalue weighted by Gasteiger charge is -2.07. The van der Waals surface area contributed by atoms with Crippen LogP contribution in [0.15, 0.2) is 36.9 Å². The van der Waals surface area contributed by atoms with Crippen molar-refractivity contribution in [3.05, 3.63) is 47.6 Å². The summed E-state index contributed by atoms with van der Waals surface area (Å²) in [5, 5.41) is 0.247. The van der Waals surface area contributed by atoms with Gasteiger partial charge in [0.2, 0.25) is 0 Å². The minimum atomic E-state index is -4.40. The summed E-state index contributed by atoms with van der Waals surface area (Å²) in [5.41, 5.74) is 0.461. The SMILES string of the molecule is FC(F)(F)c1ccn2c(-c3cc(Cl)ncn3)cnc2c1. The summed E-state index contributed by atoms with van der Waals surface area (Å²) in [7, 11) is 0. The molecule has 102 valence electrons. The fraction of sp³-hybridized carbons (Fsp3) is 0.0833. The number of hydrogen-bond acceptors (Lipinski definition) is 3. The topological polar surface area (TPSA) is 43.1 Å². The highest BCUT2D eigenvalue weighted by Gasteiger charge is 2.30. The predicted octanol–water partition coefficient (Wildman–Crippen LogP) is 3.46. The molecule has 3 heterocycles. The average Bonchev–Trinajstić information content (AvgIpc) is 2.80. The van der Waals surface area contributed by atoms with Crippen LogP contribution in [-0.4, -0.2) is 19.4 Å². The van der Waals surface area contributed by atoms with Crippen molar-refractivity contribution in [2.24, 2.45) is 0 Å². The second-order valence-electron chi connectivity index (χ2n) is 4.01. The summed E-state index contributed by atoms with van der Waals surface area (Å²) in [4.78, 5) is 11.7. The van der Waals surface area contributed by atoms with Crippen molar-refractivity contribution < 1.29 is 13.2 Å². The van der Waals surface area contributed by atoms with Crippen LogP contribution in [0.1, 0.15) is 5.56 Å². The van der Waals surface area contributed by atoms with E-state index in [1.165, 1.54) is 29.2 Å². The standard InChI is InChI=1S/C12H6ClF3N4/c13-10-4-8(18-6-19-10)9-5-17-11-3-7(12(14,15)16)1-2-20(9)11/h1-6H. The molecule has 0 saturated carbocycles. The van der Waals surface area contributed by atoms with Gasteiger partial charge in [-0.05, 0) is 12.1 Å². The molecule has 0 aliphatic heterocycles. The smallest absolute Gasteiger partial charge is 0.298 e. The maximum absolute atomic E-state index is 12.6. The van der Waals surface area contributed by atoms with Crippen molar-refractivity contribution in [1.82, 2.24) is 19.4 Å². The number of halogens is 4. The van der Waals surface area contributed by atoms with Crippen LogP contribution in [0.4, 0.5) is 13.2 Å². The molecule has 8 heteroatoms. The van der Waals surface area contributed by atoms with Crippen LogP contribution in [0.5, 0.6) is 0 Å². The van der Waals surface area contributed by atoms with Gasteiger partial charge in [-0.15, -0.1) is 0 Å². The van der Waals surface area contributed by atoms with Crippen molar-refractivity contribution in [2.45, 2.75) is 6.18 Å². The molecule has 0 aliphatic rings. The van der Waals surface area contributed by atoms with Gasteiger partial charge in [0.15, 0.2) is 0 Å². The number of alkyl halides is 3. The number of imidazole rings is 1. The van der Waals surface area contributed by atoms with Gasteiger partial charge in [0.1, 0.15) is 17.1 Å². The van der Waals surface area contributed by atoms with Gasteiger partial charge in [-0.1, -0.05) is 11.6 Å². The average molecular weight is 299 g/mol. The van der Waals surface area contributed by atoms with Gasteiger partial charge in [0.05, 0.1) is 23.1 Å². The number of nitrogens with zero attached hydrogens (tertiary/aromatic N) is 4. The first kappa shape index (κ1) is 12.9. The molecular formula is C12H6ClF3N4. The van der Waals surface area contributed by atoms with Gasteiger partial charge >= 0.3 is 6.18 Å². The summed E-state index contributed by atoms with van der Waals surface area (Å²) in [5.74, 6) is 0. The Bertz CT molecular complexity index is 782. The fourth-order valence-electron chi connectivity index (χ4n) is 1.82. The molecule has 0 N–H and O–H groups in total. The van der Waals surface area contributed by atoms with Crippen molar-refractivity contribution >= 4 is 17.2 Å². The van der Waals surface area contributed by atoms with Gasteiger partial charge in [-0.25, -0.2) is 15.0 Å². The molecule has 4 nitrogen and oxygen atoms in total. The fourth-order valence-corrected chi connectivity index (χ4v) is 1.97. The molecule has 0 spiro atoms. The monoisotopic (exact) mass is 298 g/mol. The van der Waals surface area contributed by atoms with Crippen LogP contribution < -0.4 is 0 Å². The normalized spacial score (nSPS) is 12.0. The summed E-state index contributed by atoms with van der Waals surface area (Å²) in [6.07, 6.45) is -0.377. The predicted molar refractivity (Wildman–Crippen MR) is 66.2 cm³/mol. The minimum absolute atomic E-state index is 0.185. The highest BCUT2D eigenvalue weighted by molar-refractivity contribution is 6.29. The first-order valence-electron chi connectivity index (χ1n) is 5.47. The number of aromatic nitrogens is 4. The minimum Gasteiger partial charge on any atom is -0.298 e. The number of fused-ring (bicyclic) bond motifs is 1. The van der Waals surface area contributed by atoms with Gasteiger partial charge in [0, 0.05) is 12.3 Å². The van der Waals surface area contributed by atoms with Crippen molar-refractivity contribution in [1.29, 1.82) is 0 Å². The zero-order chi connectivity index (χ0) is 14.3. The van der Waals surface area contributed by atoms with Crippen LogP contribution >= 0.6 is 11.6 Å². The molecule has 0 atom stereocenters. The van der Waals surface area contributed by atoms with E-state index in [1.54, 1.807) is 0 Å². The Hall–Kier alpha value is -2.15. The Morgan fingerprint density at radius 2 is 1.90 bits per heavy atom. The van der Waals surface area contributed by atoms with Crippen LogP contribution in [0, 0.1) is 0 Å². The van der Waals surface area contributed by atoms with E-state index < -0.39 is 11.7 Å². The van der Waals surface area contributed by atoms with Gasteiger partial charge in [0.25, 0.3) is 0 Å². The van der Waals surface area contributed by atoms with Crippen LogP contribution in [-0.2, 0) is 6.18 Å². The zero-order valence-corrected chi connectivity index (χ0v) is 10.5. The van der Waals surface area contributed by atoms with E-state index in [-0.39, 0.29) is 10.8 Å². The molecule has 0 amide bonds. The first-order valence-corrected chi connectivity index (χ1v) is 5.85. The molecule has 3 rings (SSSR count). The largest absolute Gasteiger partial charge is 0.416 e. The quantitative estimate of drug-likeness (QED) is 0.646. The highest BCUT2D eigenvalue weighted by Crippen LogP contribution is 2.30. The molecular weight excluding hydrogens is 293 g/mol. The lowest BCUT2D eigenvalue weighted by atomic mass is 10.2.